The topological polar surface area (TPSA) is 113 Å². The first-order chi connectivity index (χ1) is 12.9. The number of carbonyl (C=O) groups excluding carboxylic acids is 2. The molecule has 7 heteroatoms. The number of carboxylic acids is 1. The summed E-state index contributed by atoms with van der Waals surface area (Å²) in [5, 5.41) is 22.7. The van der Waals surface area contributed by atoms with E-state index in [1.165, 1.54) is 6.08 Å². The summed E-state index contributed by atoms with van der Waals surface area (Å²) < 4.78 is 5.94. The smallest absolute Gasteiger partial charge is 0.305 e. The van der Waals surface area contributed by atoms with Gasteiger partial charge in [-0.1, -0.05) is 19.8 Å². The lowest BCUT2D eigenvalue weighted by Gasteiger charge is -2.34. The summed E-state index contributed by atoms with van der Waals surface area (Å²) in [6.07, 6.45) is 2.61. The third kappa shape index (κ3) is 3.47. The summed E-state index contributed by atoms with van der Waals surface area (Å²) in [4.78, 5) is 36.2. The number of hydrogen-bond donors (Lipinski definition) is 3. The van der Waals surface area contributed by atoms with Gasteiger partial charge in [-0.15, -0.1) is 0 Å². The van der Waals surface area contributed by atoms with Crippen LogP contribution in [0.2, 0.25) is 0 Å². The Morgan fingerprint density at radius 1 is 1.37 bits per heavy atom. The molecule has 0 unspecified atom stereocenters. The maximum atomic E-state index is 12.6. The van der Waals surface area contributed by atoms with Gasteiger partial charge in [-0.25, -0.2) is 0 Å². The van der Waals surface area contributed by atoms with Crippen LogP contribution in [0, 0.1) is 0 Å². The molecule has 144 valence electrons. The van der Waals surface area contributed by atoms with Gasteiger partial charge in [-0.05, 0) is 24.5 Å². The normalized spacial score (nSPS) is 21.3. The van der Waals surface area contributed by atoms with Crippen LogP contribution in [-0.4, -0.2) is 40.9 Å². The minimum atomic E-state index is -0.966. The lowest BCUT2D eigenvalue weighted by molar-refractivity contribution is -0.142. The molecule has 0 spiro atoms. The number of phenols is 1. The van der Waals surface area contributed by atoms with Gasteiger partial charge < -0.3 is 20.3 Å². The van der Waals surface area contributed by atoms with Crippen LogP contribution in [-0.2, 0) is 16.0 Å². The average Bonchev–Trinajstić information content (AvgIpc) is 2.61. The minimum Gasteiger partial charge on any atom is -0.507 e. The van der Waals surface area contributed by atoms with Crippen molar-refractivity contribution in [3.63, 3.8) is 0 Å². The summed E-state index contributed by atoms with van der Waals surface area (Å²) in [7, 11) is 1.55. The Balaban J connectivity index is 2.11. The number of hydrogen-bond acceptors (Lipinski definition) is 6. The molecule has 1 aromatic rings. The number of rotatable bonds is 6. The number of likely N-dealkylation sites (N-methyl/N-ethyl adjacent to an activating group) is 1. The monoisotopic (exact) mass is 373 g/mol. The number of allylic oxidation sites excluding steroid dienone is 2. The molecule has 2 atom stereocenters. The van der Waals surface area contributed by atoms with E-state index < -0.39 is 24.0 Å². The molecule has 0 saturated heterocycles. The van der Waals surface area contributed by atoms with Crippen molar-refractivity contribution >= 4 is 17.5 Å². The highest BCUT2D eigenvalue weighted by molar-refractivity contribution is 6.25. The van der Waals surface area contributed by atoms with Crippen molar-refractivity contribution in [3.05, 3.63) is 40.1 Å². The van der Waals surface area contributed by atoms with Gasteiger partial charge in [0.15, 0.2) is 5.78 Å². The number of nitrogens with one attached hydrogen (secondary N) is 1. The standard InChI is InChI=1S/C20H23NO6/c1-3-4-5-15-17-10(6-11(27-15)8-16(23)24)7-12-18(20(17)26)14(22)9-13(21-2)19(12)25/h7,9,11,15,21,26H,3-6,8H2,1-2H3,(H,23,24)/t11-,15-/m1/s1. The highest BCUT2D eigenvalue weighted by Crippen LogP contribution is 2.44. The van der Waals surface area contributed by atoms with Crippen LogP contribution in [0.1, 0.15) is 70.6 Å². The highest BCUT2D eigenvalue weighted by atomic mass is 16.5. The Morgan fingerprint density at radius 2 is 2.11 bits per heavy atom. The Kier molecular flexibility index (Phi) is 5.32. The molecule has 0 amide bonds. The SMILES string of the molecule is CCCC[C@H]1O[C@@H](CC(=O)O)Cc2cc3c(c(O)c21)C(=O)C=C(NC)C3=O. The number of Topliss-reactive ketones (excluding diaryl/α,β-unsaturated/α-hetero) is 1. The van der Waals surface area contributed by atoms with Crippen LogP contribution in [0.15, 0.2) is 17.8 Å². The maximum absolute atomic E-state index is 12.6. The van der Waals surface area contributed by atoms with Crippen molar-refractivity contribution in [1.82, 2.24) is 5.32 Å². The summed E-state index contributed by atoms with van der Waals surface area (Å²) in [5.41, 5.74) is 1.49. The van der Waals surface area contributed by atoms with E-state index in [1.807, 2.05) is 6.92 Å². The van der Waals surface area contributed by atoms with Gasteiger partial charge in [0.1, 0.15) is 5.75 Å². The molecular weight excluding hydrogens is 350 g/mol. The highest BCUT2D eigenvalue weighted by Gasteiger charge is 2.37. The summed E-state index contributed by atoms with van der Waals surface area (Å²) in [6, 6.07) is 1.62. The fourth-order valence-corrected chi connectivity index (χ4v) is 3.81. The van der Waals surface area contributed by atoms with Gasteiger partial charge in [-0.2, -0.15) is 0 Å². The van der Waals surface area contributed by atoms with Gasteiger partial charge in [-0.3, -0.25) is 14.4 Å². The van der Waals surface area contributed by atoms with Crippen LogP contribution in [0.25, 0.3) is 0 Å². The molecular formula is C20H23NO6. The van der Waals surface area contributed by atoms with Gasteiger partial charge >= 0.3 is 5.97 Å². The van der Waals surface area contributed by atoms with Crippen LogP contribution in [0.5, 0.6) is 5.75 Å². The summed E-state index contributed by atoms with van der Waals surface area (Å²) in [5.74, 6) is -1.98. The van der Waals surface area contributed by atoms with E-state index in [4.69, 9.17) is 9.84 Å². The van der Waals surface area contributed by atoms with E-state index >= 15 is 0 Å². The second kappa shape index (κ2) is 7.52. The van der Waals surface area contributed by atoms with Crippen LogP contribution in [0.3, 0.4) is 0 Å². The van der Waals surface area contributed by atoms with Crippen LogP contribution < -0.4 is 5.32 Å². The van der Waals surface area contributed by atoms with E-state index in [1.54, 1.807) is 13.1 Å². The lowest BCUT2D eigenvalue weighted by Crippen LogP contribution is -2.31. The van der Waals surface area contributed by atoms with Crippen LogP contribution in [0.4, 0.5) is 0 Å². The molecule has 0 saturated carbocycles. The first-order valence-corrected chi connectivity index (χ1v) is 9.11. The molecule has 0 radical (unpaired) electrons. The third-order valence-corrected chi connectivity index (χ3v) is 5.05. The molecule has 27 heavy (non-hydrogen) atoms. The fraction of sp³-hybridized carbons (Fsp3) is 0.450. The summed E-state index contributed by atoms with van der Waals surface area (Å²) in [6.45, 7) is 2.03. The maximum Gasteiger partial charge on any atom is 0.305 e. The second-order valence-corrected chi connectivity index (χ2v) is 6.91. The molecule has 3 rings (SSSR count). The number of ether oxygens (including phenoxy) is 1. The minimum absolute atomic E-state index is 0.000432. The molecule has 0 bridgehead atoms. The molecule has 3 N–H and O–H groups in total. The molecule has 7 nitrogen and oxygen atoms in total. The number of phenolic OH excluding ortho intramolecular Hbond substituents is 1. The predicted octanol–water partition coefficient (Wildman–Crippen LogP) is 2.52. The van der Waals surface area contributed by atoms with Crippen molar-refractivity contribution in [2.24, 2.45) is 0 Å². The van der Waals surface area contributed by atoms with Gasteiger partial charge in [0.2, 0.25) is 5.78 Å². The molecule has 1 aliphatic carbocycles. The van der Waals surface area contributed by atoms with Crippen molar-refractivity contribution in [1.29, 1.82) is 0 Å². The van der Waals surface area contributed by atoms with Gasteiger partial charge in [0.05, 0.1) is 29.9 Å². The predicted molar refractivity (Wildman–Crippen MR) is 97.0 cm³/mol. The van der Waals surface area contributed by atoms with Crippen LogP contribution >= 0.6 is 0 Å². The second-order valence-electron chi connectivity index (χ2n) is 6.91. The number of carbonyl (C=O) groups is 3. The zero-order valence-corrected chi connectivity index (χ0v) is 15.4. The third-order valence-electron chi connectivity index (χ3n) is 5.05. The first kappa shape index (κ1) is 19.1. The Labute approximate surface area is 157 Å². The number of benzene rings is 1. The zero-order chi connectivity index (χ0) is 19.7. The Morgan fingerprint density at radius 3 is 2.74 bits per heavy atom. The van der Waals surface area contributed by atoms with E-state index in [-0.39, 0.29) is 41.2 Å². The quantitative estimate of drug-likeness (QED) is 0.702. The van der Waals surface area contributed by atoms with Gasteiger partial charge in [0, 0.05) is 24.3 Å². The van der Waals surface area contributed by atoms with Crippen molar-refractivity contribution in [3.8, 4) is 5.75 Å². The van der Waals surface area contributed by atoms with E-state index in [0.717, 1.165) is 12.8 Å². The first-order valence-electron chi connectivity index (χ1n) is 9.11. The largest absolute Gasteiger partial charge is 0.507 e. The number of carboxylic acid groups (broad SMARTS) is 1. The van der Waals surface area contributed by atoms with Crippen molar-refractivity contribution in [2.45, 2.75) is 51.2 Å². The number of ketones is 2. The van der Waals surface area contributed by atoms with Crippen molar-refractivity contribution in [2.75, 3.05) is 7.05 Å². The fourth-order valence-electron chi connectivity index (χ4n) is 3.81. The van der Waals surface area contributed by atoms with E-state index in [2.05, 4.69) is 5.32 Å². The number of aromatic hydroxyl groups is 1. The van der Waals surface area contributed by atoms with Gasteiger partial charge in [0.25, 0.3) is 0 Å². The summed E-state index contributed by atoms with van der Waals surface area (Å²) >= 11 is 0. The van der Waals surface area contributed by atoms with E-state index in [9.17, 15) is 19.5 Å². The molecule has 1 aliphatic heterocycles. The lowest BCUT2D eigenvalue weighted by atomic mass is 9.82. The Hall–Kier alpha value is -2.67. The van der Waals surface area contributed by atoms with E-state index in [0.29, 0.717) is 17.5 Å². The Bertz CT molecular complexity index is 841. The number of aliphatic carboxylic acids is 1. The molecule has 1 aromatic carbocycles. The molecule has 2 aliphatic rings. The number of unbranched alkanes of at least 4 members (excludes halogenated alkanes) is 1. The molecule has 1 heterocycles. The molecule has 0 aromatic heterocycles. The average molecular weight is 373 g/mol. The zero-order valence-electron chi connectivity index (χ0n) is 15.4. The van der Waals surface area contributed by atoms with Crippen molar-refractivity contribution < 1.29 is 29.3 Å². The number of fused-ring (bicyclic) bond motifs is 2. The molecule has 0 fully saturated rings.